The van der Waals surface area contributed by atoms with Crippen LogP contribution in [0, 0.1) is 12.8 Å². The molecule has 27 heavy (non-hydrogen) atoms. The van der Waals surface area contributed by atoms with Crippen LogP contribution < -0.4 is 15.0 Å². The summed E-state index contributed by atoms with van der Waals surface area (Å²) in [7, 11) is 0. The Morgan fingerprint density at radius 3 is 2.70 bits per heavy atom. The summed E-state index contributed by atoms with van der Waals surface area (Å²) < 4.78 is 5.81. The van der Waals surface area contributed by atoms with E-state index in [1.54, 1.807) is 17.0 Å². The number of hydrogen-bond donors (Lipinski definition) is 1. The molecule has 3 rings (SSSR count). The zero-order chi connectivity index (χ0) is 19.6. The highest BCUT2D eigenvalue weighted by Gasteiger charge is 2.36. The molecular formula is C21H23ClN2O3. The van der Waals surface area contributed by atoms with Crippen LogP contribution in [-0.4, -0.2) is 24.5 Å². The number of nitrogens with zero attached hydrogens (tertiary/aromatic N) is 1. The molecule has 1 heterocycles. The Balaban J connectivity index is 1.73. The Hall–Kier alpha value is -2.53. The molecule has 1 atom stereocenters. The molecule has 1 fully saturated rings. The predicted octanol–water partition coefficient (Wildman–Crippen LogP) is 4.43. The number of nitrogens with one attached hydrogen (secondary N) is 1. The van der Waals surface area contributed by atoms with E-state index in [1.807, 2.05) is 51.1 Å². The largest absolute Gasteiger partial charge is 0.489 e. The van der Waals surface area contributed by atoms with Gasteiger partial charge in [-0.2, -0.15) is 0 Å². The van der Waals surface area contributed by atoms with Crippen LogP contribution in [0.4, 0.5) is 11.4 Å². The summed E-state index contributed by atoms with van der Waals surface area (Å²) in [5.41, 5.74) is 2.27. The molecule has 142 valence electrons. The van der Waals surface area contributed by atoms with Crippen molar-refractivity contribution >= 4 is 34.8 Å². The van der Waals surface area contributed by atoms with Gasteiger partial charge in [0.15, 0.2) is 0 Å². The minimum atomic E-state index is -0.426. The highest BCUT2D eigenvalue weighted by molar-refractivity contribution is 6.31. The number of amides is 2. The zero-order valence-corrected chi connectivity index (χ0v) is 16.4. The number of benzene rings is 2. The summed E-state index contributed by atoms with van der Waals surface area (Å²) in [6.07, 6.45) is 0.163. The molecule has 5 nitrogen and oxygen atoms in total. The second kappa shape index (κ2) is 8.01. The van der Waals surface area contributed by atoms with E-state index in [0.717, 1.165) is 5.56 Å². The van der Waals surface area contributed by atoms with Crippen molar-refractivity contribution in [1.29, 1.82) is 0 Å². The maximum absolute atomic E-state index is 12.6. The van der Waals surface area contributed by atoms with Crippen LogP contribution in [0.25, 0.3) is 0 Å². The van der Waals surface area contributed by atoms with Crippen molar-refractivity contribution < 1.29 is 14.3 Å². The quantitative estimate of drug-likeness (QED) is 0.827. The Morgan fingerprint density at radius 1 is 1.26 bits per heavy atom. The van der Waals surface area contributed by atoms with E-state index in [0.29, 0.717) is 28.7 Å². The summed E-state index contributed by atoms with van der Waals surface area (Å²) >= 11 is 6.11. The Kier molecular flexibility index (Phi) is 5.71. The third kappa shape index (κ3) is 4.42. The molecular weight excluding hydrogens is 364 g/mol. The van der Waals surface area contributed by atoms with Gasteiger partial charge in [0.25, 0.3) is 0 Å². The van der Waals surface area contributed by atoms with Crippen molar-refractivity contribution in [2.75, 3.05) is 16.8 Å². The fourth-order valence-corrected chi connectivity index (χ4v) is 3.25. The smallest absolute Gasteiger partial charge is 0.229 e. The number of anilines is 2. The first-order valence-electron chi connectivity index (χ1n) is 8.98. The molecule has 2 aromatic carbocycles. The van der Waals surface area contributed by atoms with Gasteiger partial charge in [-0.25, -0.2) is 0 Å². The SMILES string of the molecule is Cc1ccc(NC(=O)C2CC(=O)N(c3ccccc3OC(C)C)C2)cc1Cl. The lowest BCUT2D eigenvalue weighted by Gasteiger charge is -2.21. The minimum absolute atomic E-state index is 0.00534. The molecule has 0 saturated carbocycles. The number of carbonyl (C=O) groups is 2. The van der Waals surface area contributed by atoms with Gasteiger partial charge in [-0.05, 0) is 50.6 Å². The molecule has 0 spiro atoms. The molecule has 1 aliphatic rings. The average Bonchev–Trinajstić information content (AvgIpc) is 3.00. The van der Waals surface area contributed by atoms with E-state index >= 15 is 0 Å². The van der Waals surface area contributed by atoms with E-state index in [4.69, 9.17) is 16.3 Å². The lowest BCUT2D eigenvalue weighted by atomic mass is 10.1. The molecule has 2 amide bonds. The molecule has 2 aromatic rings. The van der Waals surface area contributed by atoms with E-state index in [1.165, 1.54) is 0 Å². The monoisotopic (exact) mass is 386 g/mol. The van der Waals surface area contributed by atoms with E-state index in [2.05, 4.69) is 5.32 Å². The normalized spacial score (nSPS) is 16.7. The van der Waals surface area contributed by atoms with E-state index < -0.39 is 5.92 Å². The van der Waals surface area contributed by atoms with Gasteiger partial charge in [0, 0.05) is 23.7 Å². The van der Waals surface area contributed by atoms with Gasteiger partial charge in [-0.1, -0.05) is 29.8 Å². The summed E-state index contributed by atoms with van der Waals surface area (Å²) in [6, 6.07) is 12.8. The number of ether oxygens (including phenoxy) is 1. The zero-order valence-electron chi connectivity index (χ0n) is 15.7. The molecule has 0 bridgehead atoms. The highest BCUT2D eigenvalue weighted by Crippen LogP contribution is 2.34. The third-order valence-electron chi connectivity index (χ3n) is 4.45. The van der Waals surface area contributed by atoms with Gasteiger partial charge >= 0.3 is 0 Å². The van der Waals surface area contributed by atoms with Crippen molar-refractivity contribution in [3.05, 3.63) is 53.1 Å². The van der Waals surface area contributed by atoms with Gasteiger partial charge in [0.1, 0.15) is 5.75 Å². The maximum Gasteiger partial charge on any atom is 0.229 e. The van der Waals surface area contributed by atoms with Crippen molar-refractivity contribution in [1.82, 2.24) is 0 Å². The molecule has 6 heteroatoms. The van der Waals surface area contributed by atoms with Gasteiger partial charge in [-0.3, -0.25) is 9.59 Å². The summed E-state index contributed by atoms with van der Waals surface area (Å²) in [4.78, 5) is 26.8. The Bertz CT molecular complexity index is 866. The van der Waals surface area contributed by atoms with E-state index in [9.17, 15) is 9.59 Å². The second-order valence-corrected chi connectivity index (χ2v) is 7.40. The fourth-order valence-electron chi connectivity index (χ4n) is 3.06. The summed E-state index contributed by atoms with van der Waals surface area (Å²) in [5, 5.41) is 3.45. The van der Waals surface area contributed by atoms with Gasteiger partial charge in [-0.15, -0.1) is 0 Å². The van der Waals surface area contributed by atoms with Crippen LogP contribution in [0.5, 0.6) is 5.75 Å². The highest BCUT2D eigenvalue weighted by atomic mass is 35.5. The fraction of sp³-hybridized carbons (Fsp3) is 0.333. The number of halogens is 1. The van der Waals surface area contributed by atoms with Crippen molar-refractivity contribution in [2.24, 2.45) is 5.92 Å². The average molecular weight is 387 g/mol. The number of para-hydroxylation sites is 2. The number of aryl methyl sites for hydroxylation is 1. The first-order chi connectivity index (χ1) is 12.8. The minimum Gasteiger partial charge on any atom is -0.489 e. The molecule has 0 radical (unpaired) electrons. The van der Waals surface area contributed by atoms with Gasteiger partial charge in [0.2, 0.25) is 11.8 Å². The van der Waals surface area contributed by atoms with Crippen LogP contribution >= 0.6 is 11.6 Å². The van der Waals surface area contributed by atoms with E-state index in [-0.39, 0.29) is 24.3 Å². The summed E-state index contributed by atoms with van der Waals surface area (Å²) in [5.74, 6) is -0.0539. The molecule has 1 saturated heterocycles. The topological polar surface area (TPSA) is 58.6 Å². The van der Waals surface area contributed by atoms with Crippen LogP contribution in [0.3, 0.4) is 0 Å². The summed E-state index contributed by atoms with van der Waals surface area (Å²) in [6.45, 7) is 6.10. The molecule has 0 aliphatic carbocycles. The van der Waals surface area contributed by atoms with Crippen molar-refractivity contribution in [3.8, 4) is 5.75 Å². The maximum atomic E-state index is 12.6. The van der Waals surface area contributed by atoms with Crippen LogP contribution in [0.1, 0.15) is 25.8 Å². The first-order valence-corrected chi connectivity index (χ1v) is 9.36. The molecule has 1 N–H and O–H groups in total. The Labute approximate surface area is 164 Å². The lowest BCUT2D eigenvalue weighted by molar-refractivity contribution is -0.122. The van der Waals surface area contributed by atoms with Gasteiger partial charge in [0.05, 0.1) is 17.7 Å². The van der Waals surface area contributed by atoms with Crippen LogP contribution in [-0.2, 0) is 9.59 Å². The number of rotatable bonds is 5. The molecule has 1 unspecified atom stereocenters. The predicted molar refractivity (Wildman–Crippen MR) is 107 cm³/mol. The number of carbonyl (C=O) groups excluding carboxylic acids is 2. The standard InChI is InChI=1S/C21H23ClN2O3/c1-13(2)27-19-7-5-4-6-18(19)24-12-15(10-20(24)25)21(26)23-16-9-8-14(3)17(22)11-16/h4-9,11,13,15H,10,12H2,1-3H3,(H,23,26). The van der Waals surface area contributed by atoms with Crippen molar-refractivity contribution in [3.63, 3.8) is 0 Å². The van der Waals surface area contributed by atoms with Crippen molar-refractivity contribution in [2.45, 2.75) is 33.3 Å². The lowest BCUT2D eigenvalue weighted by Crippen LogP contribution is -2.28. The van der Waals surface area contributed by atoms with Crippen LogP contribution in [0.15, 0.2) is 42.5 Å². The Morgan fingerprint density at radius 2 is 2.00 bits per heavy atom. The second-order valence-electron chi connectivity index (χ2n) is 6.99. The first kappa shape index (κ1) is 19.2. The van der Waals surface area contributed by atoms with Gasteiger partial charge < -0.3 is 15.0 Å². The molecule has 0 aromatic heterocycles. The molecule has 1 aliphatic heterocycles. The van der Waals surface area contributed by atoms with Crippen LogP contribution in [0.2, 0.25) is 5.02 Å². The third-order valence-corrected chi connectivity index (χ3v) is 4.86. The number of hydrogen-bond acceptors (Lipinski definition) is 3.